The third-order valence-corrected chi connectivity index (χ3v) is 13.1. The molecule has 0 radical (unpaired) electrons. The van der Waals surface area contributed by atoms with Crippen LogP contribution in [0.1, 0.15) is 74.8 Å². The molecule has 0 saturated carbocycles. The van der Waals surface area contributed by atoms with E-state index in [2.05, 4.69) is 56.7 Å². The summed E-state index contributed by atoms with van der Waals surface area (Å²) < 4.78 is 11.0. The summed E-state index contributed by atoms with van der Waals surface area (Å²) in [5.74, 6) is -3.03. The number of nitrogen functional groups attached to an aromatic ring is 1. The Kier molecular flexibility index (Phi) is 19.8. The van der Waals surface area contributed by atoms with Crippen molar-refractivity contribution in [1.82, 2.24) is 41.1 Å². The highest BCUT2D eigenvalue weighted by Crippen LogP contribution is 2.28. The number of imide groups is 1. The van der Waals surface area contributed by atoms with Gasteiger partial charge in [0.1, 0.15) is 18.7 Å². The van der Waals surface area contributed by atoms with Gasteiger partial charge in [-0.2, -0.15) is 0 Å². The van der Waals surface area contributed by atoms with E-state index in [1.165, 1.54) is 18.3 Å². The van der Waals surface area contributed by atoms with E-state index in [-0.39, 0.29) is 73.7 Å². The number of pyridine rings is 1. The SMILES string of the molecule is CC(C)C(NC(=O)CCCCCN1C(=O)C=CC1=O)C(=O)N[C@@H](CCCNC(N)=O)C(=O)Nc1ccc(COC(=O)N[C@@H]2CCN(c3ccc(-c4cnc(N)c(C(=O)Nc5cnccc5N5CCOCC5)n4)cc3)C2)cc1. The van der Waals surface area contributed by atoms with Crippen molar-refractivity contribution >= 4 is 76.1 Å². The molecule has 5 heterocycles. The molecule has 408 valence electrons. The molecular formula is C53H66N14O10. The number of urea groups is 1. The highest BCUT2D eigenvalue weighted by Gasteiger charge is 2.30. The van der Waals surface area contributed by atoms with E-state index in [4.69, 9.17) is 20.9 Å². The van der Waals surface area contributed by atoms with E-state index in [0.717, 1.165) is 21.8 Å². The van der Waals surface area contributed by atoms with Crippen LogP contribution in [0.15, 0.2) is 85.3 Å². The molecule has 0 aliphatic carbocycles. The Morgan fingerprint density at radius 3 is 2.29 bits per heavy atom. The molecule has 24 heteroatoms. The number of carbonyl (C=O) groups excluding carboxylic acids is 8. The van der Waals surface area contributed by atoms with Crippen molar-refractivity contribution in [2.75, 3.05) is 78.6 Å². The van der Waals surface area contributed by atoms with Crippen LogP contribution in [0.4, 0.5) is 38.2 Å². The second-order valence-corrected chi connectivity index (χ2v) is 19.1. The number of nitrogens with one attached hydrogen (secondary N) is 6. The van der Waals surface area contributed by atoms with Gasteiger partial charge in [-0.3, -0.25) is 38.7 Å². The Labute approximate surface area is 445 Å². The Morgan fingerprint density at radius 1 is 0.831 bits per heavy atom. The van der Waals surface area contributed by atoms with Crippen molar-refractivity contribution in [3.05, 3.63) is 96.6 Å². The Bertz CT molecular complexity index is 2770. The quantitative estimate of drug-likeness (QED) is 0.0369. The number of ether oxygens (including phenoxy) is 2. The molecule has 3 atom stereocenters. The van der Waals surface area contributed by atoms with Gasteiger partial charge >= 0.3 is 12.1 Å². The molecule has 77 heavy (non-hydrogen) atoms. The number of carbonyl (C=O) groups is 8. The zero-order valence-electron chi connectivity index (χ0n) is 43.1. The van der Waals surface area contributed by atoms with Crippen LogP contribution in [-0.4, -0.2) is 138 Å². The van der Waals surface area contributed by atoms with Crippen LogP contribution in [0, 0.1) is 5.92 Å². The largest absolute Gasteiger partial charge is 0.445 e. The minimum atomic E-state index is -1.05. The van der Waals surface area contributed by atoms with Crippen molar-refractivity contribution in [3.63, 3.8) is 0 Å². The number of primary amides is 1. The minimum absolute atomic E-state index is 0.00886. The Morgan fingerprint density at radius 2 is 1.57 bits per heavy atom. The normalized spacial score (nSPS) is 15.9. The Hall–Kier alpha value is -8.67. The number of alkyl carbamates (subject to hydrolysis) is 1. The summed E-state index contributed by atoms with van der Waals surface area (Å²) in [4.78, 5) is 120. The van der Waals surface area contributed by atoms with E-state index in [1.54, 1.807) is 50.5 Å². The van der Waals surface area contributed by atoms with E-state index in [1.807, 2.05) is 30.3 Å². The zero-order valence-corrected chi connectivity index (χ0v) is 43.1. The minimum Gasteiger partial charge on any atom is -0.445 e. The first-order valence-electron chi connectivity index (χ1n) is 25.7. The van der Waals surface area contributed by atoms with Crippen molar-refractivity contribution in [3.8, 4) is 11.3 Å². The van der Waals surface area contributed by atoms with Crippen molar-refractivity contribution < 1.29 is 47.8 Å². The molecule has 1 unspecified atom stereocenters. The summed E-state index contributed by atoms with van der Waals surface area (Å²) in [6.45, 7) is 7.65. The summed E-state index contributed by atoms with van der Waals surface area (Å²) in [5.41, 5.74) is 15.9. The number of hydrogen-bond acceptors (Lipinski definition) is 16. The maximum Gasteiger partial charge on any atom is 0.407 e. The molecule has 2 aromatic heterocycles. The summed E-state index contributed by atoms with van der Waals surface area (Å²) in [6, 6.07) is 13.2. The first-order chi connectivity index (χ1) is 37.1. The van der Waals surface area contributed by atoms with Gasteiger partial charge in [0.15, 0.2) is 11.5 Å². The summed E-state index contributed by atoms with van der Waals surface area (Å²) in [5, 5.41) is 16.7. The van der Waals surface area contributed by atoms with Crippen molar-refractivity contribution in [1.29, 1.82) is 0 Å². The number of aromatic nitrogens is 3. The fourth-order valence-electron chi connectivity index (χ4n) is 8.89. The maximum atomic E-state index is 13.6. The number of unbranched alkanes of at least 4 members (excludes halogenated alkanes) is 2. The molecule has 0 spiro atoms. The molecule has 3 aliphatic heterocycles. The number of morpholine rings is 1. The van der Waals surface area contributed by atoms with Gasteiger partial charge in [0, 0.05) is 81.0 Å². The fourth-order valence-corrected chi connectivity index (χ4v) is 8.89. The predicted octanol–water partition coefficient (Wildman–Crippen LogP) is 3.21. The summed E-state index contributed by atoms with van der Waals surface area (Å²) in [7, 11) is 0. The van der Waals surface area contributed by atoms with Gasteiger partial charge in [-0.15, -0.1) is 0 Å². The molecule has 3 aliphatic rings. The molecule has 9 amide bonds. The third kappa shape index (κ3) is 16.2. The lowest BCUT2D eigenvalue weighted by molar-refractivity contribution is -0.137. The number of anilines is 5. The van der Waals surface area contributed by atoms with Crippen molar-refractivity contribution in [2.45, 2.75) is 83.5 Å². The van der Waals surface area contributed by atoms with Crippen LogP contribution in [0.3, 0.4) is 0 Å². The third-order valence-electron chi connectivity index (χ3n) is 13.1. The van der Waals surface area contributed by atoms with E-state index in [0.29, 0.717) is 94.1 Å². The van der Waals surface area contributed by atoms with Gasteiger partial charge in [0.25, 0.3) is 17.7 Å². The highest BCUT2D eigenvalue weighted by atomic mass is 16.5. The average Bonchev–Trinajstić information content (AvgIpc) is 4.03. The average molecular weight is 1060 g/mol. The van der Waals surface area contributed by atoms with Gasteiger partial charge < -0.3 is 62.6 Å². The lowest BCUT2D eigenvalue weighted by Gasteiger charge is -2.30. The van der Waals surface area contributed by atoms with Gasteiger partial charge in [-0.1, -0.05) is 44.5 Å². The van der Waals surface area contributed by atoms with Gasteiger partial charge in [-0.05, 0) is 73.9 Å². The van der Waals surface area contributed by atoms with Gasteiger partial charge in [0.2, 0.25) is 17.7 Å². The standard InChI is InChI=1S/C53H66N14O10/c1-33(2)46(64-43(68)8-4-3-5-23-67-44(69)17-18-45(67)70)50(72)62-39(7-6-21-57-52(55)74)49(71)59-36-13-9-34(10-14-36)32-77-53(75)60-37-20-24-66(31-37)38-15-11-35(12-16-38)40-30-58-48(54)47(61-40)51(73)63-41-29-56-22-19-42(41)65-25-27-76-28-26-65/h9-19,22,29-30,33,37,39,46H,3-8,20-21,23-28,31-32H2,1-2H3,(H2,54,58)(H,59,71)(H,60,75)(H,62,72)(H,63,73)(H,64,68)(H3,55,57,74)/t37-,39+,46?/m1/s1. The molecule has 2 saturated heterocycles. The number of nitrogens with zero attached hydrogens (tertiary/aromatic N) is 6. The van der Waals surface area contributed by atoms with Crippen LogP contribution in [0.2, 0.25) is 0 Å². The second-order valence-electron chi connectivity index (χ2n) is 19.1. The molecular weight excluding hydrogens is 993 g/mol. The molecule has 24 nitrogen and oxygen atoms in total. The van der Waals surface area contributed by atoms with Gasteiger partial charge in [0.05, 0.1) is 48.7 Å². The van der Waals surface area contributed by atoms with Crippen LogP contribution in [0.5, 0.6) is 0 Å². The maximum absolute atomic E-state index is 13.6. The number of benzene rings is 2. The van der Waals surface area contributed by atoms with Crippen LogP contribution in [-0.2, 0) is 40.1 Å². The Balaban J connectivity index is 0.849. The number of nitrogens with two attached hydrogens (primary N) is 2. The molecule has 2 fully saturated rings. The monoisotopic (exact) mass is 1060 g/mol. The molecule has 4 aromatic rings. The van der Waals surface area contributed by atoms with Gasteiger partial charge in [-0.25, -0.2) is 19.6 Å². The van der Waals surface area contributed by atoms with Crippen LogP contribution >= 0.6 is 0 Å². The first kappa shape index (κ1) is 56.1. The fraction of sp³-hybridized carbons (Fsp3) is 0.415. The number of rotatable bonds is 24. The molecule has 0 bridgehead atoms. The van der Waals surface area contributed by atoms with E-state index >= 15 is 0 Å². The van der Waals surface area contributed by atoms with Crippen molar-refractivity contribution in [2.24, 2.45) is 11.7 Å². The number of hydrogen-bond donors (Lipinski definition) is 8. The smallest absolute Gasteiger partial charge is 0.407 e. The summed E-state index contributed by atoms with van der Waals surface area (Å²) in [6.07, 6.45) is 9.45. The predicted molar refractivity (Wildman–Crippen MR) is 286 cm³/mol. The highest BCUT2D eigenvalue weighted by molar-refractivity contribution is 6.13. The molecule has 2 aromatic carbocycles. The summed E-state index contributed by atoms with van der Waals surface area (Å²) >= 11 is 0. The van der Waals surface area contributed by atoms with Crippen LogP contribution in [0.25, 0.3) is 11.3 Å². The zero-order chi connectivity index (χ0) is 54.8. The number of amides is 9. The molecule has 10 N–H and O–H groups in total. The van der Waals surface area contributed by atoms with E-state index in [9.17, 15) is 38.4 Å². The molecule has 7 rings (SSSR count). The lowest BCUT2D eigenvalue weighted by Crippen LogP contribution is -2.54. The second kappa shape index (κ2) is 27.2. The van der Waals surface area contributed by atoms with E-state index < -0.39 is 41.9 Å². The first-order valence-corrected chi connectivity index (χ1v) is 25.7. The lowest BCUT2D eigenvalue weighted by atomic mass is 10.0. The topological polar surface area (TPSA) is 328 Å². The van der Waals surface area contributed by atoms with Crippen LogP contribution < -0.4 is 53.2 Å².